The molecule has 1 amide bonds. The van der Waals surface area contributed by atoms with E-state index in [1.54, 1.807) is 18.4 Å². The Kier molecular flexibility index (Phi) is 6.53. The molecule has 1 fully saturated rings. The van der Waals surface area contributed by atoms with Crippen LogP contribution in [0.4, 0.5) is 11.4 Å². The molecule has 2 aromatic heterocycles. The van der Waals surface area contributed by atoms with Crippen LogP contribution in [0.25, 0.3) is 11.6 Å². The molecule has 156 valence electrons. The molecule has 4 rings (SSSR count). The Morgan fingerprint density at radius 3 is 2.67 bits per heavy atom. The highest BCUT2D eigenvalue weighted by Crippen LogP contribution is 2.25. The van der Waals surface area contributed by atoms with Gasteiger partial charge in [0.15, 0.2) is 10.9 Å². The number of amides is 1. The third-order valence-corrected chi connectivity index (χ3v) is 5.94. The molecule has 8 heteroatoms. The molecule has 0 saturated carbocycles. The fourth-order valence-corrected chi connectivity index (χ4v) is 4.26. The predicted octanol–water partition coefficient (Wildman–Crippen LogP) is 4.45. The van der Waals surface area contributed by atoms with Gasteiger partial charge in [0.2, 0.25) is 11.7 Å². The first kappa shape index (κ1) is 20.3. The number of furan rings is 1. The molecule has 0 aliphatic carbocycles. The Morgan fingerprint density at radius 1 is 1.17 bits per heavy atom. The largest absolute Gasteiger partial charge is 0.461 e. The Bertz CT molecular complexity index is 976. The molecule has 30 heavy (non-hydrogen) atoms. The number of aromatic nitrogens is 3. The zero-order valence-electron chi connectivity index (χ0n) is 16.8. The number of nitrogens with zero attached hydrogens (tertiary/aromatic N) is 4. The summed E-state index contributed by atoms with van der Waals surface area (Å²) in [7, 11) is 0. The zero-order valence-corrected chi connectivity index (χ0v) is 17.6. The molecular weight excluding hydrogens is 398 g/mol. The third-order valence-electron chi connectivity index (χ3n) is 4.97. The topological polar surface area (TPSA) is 76.2 Å². The number of hydrogen-bond acceptors (Lipinski definition) is 6. The average molecular weight is 424 g/mol. The van der Waals surface area contributed by atoms with E-state index in [2.05, 4.69) is 39.1 Å². The summed E-state index contributed by atoms with van der Waals surface area (Å²) in [6, 6.07) is 11.7. The summed E-state index contributed by atoms with van der Waals surface area (Å²) in [4.78, 5) is 14.8. The van der Waals surface area contributed by atoms with Gasteiger partial charge in [0.1, 0.15) is 0 Å². The summed E-state index contributed by atoms with van der Waals surface area (Å²) in [6.45, 7) is 6.53. The standard InChI is InChI=1S/C22H25N5O2S/c1-2-12-27-21(19-7-6-15-29-19)24-25-22(27)30-16-20(28)23-17-8-10-18(11-9-17)26-13-4-3-5-14-26/h2,6-11,15H,1,3-5,12-14,16H2,(H,23,28). The summed E-state index contributed by atoms with van der Waals surface area (Å²) in [5.74, 6) is 1.41. The molecule has 1 saturated heterocycles. The van der Waals surface area contributed by atoms with Crippen LogP contribution in [0.3, 0.4) is 0 Å². The van der Waals surface area contributed by atoms with Gasteiger partial charge in [0.05, 0.1) is 12.0 Å². The molecule has 7 nitrogen and oxygen atoms in total. The van der Waals surface area contributed by atoms with Crippen molar-refractivity contribution in [3.8, 4) is 11.6 Å². The van der Waals surface area contributed by atoms with E-state index in [-0.39, 0.29) is 11.7 Å². The summed E-state index contributed by atoms with van der Waals surface area (Å²) < 4.78 is 7.31. The molecule has 0 bridgehead atoms. The first-order chi connectivity index (χ1) is 14.7. The molecule has 0 atom stereocenters. The molecule has 1 aliphatic rings. The summed E-state index contributed by atoms with van der Waals surface area (Å²) in [5, 5.41) is 12.0. The van der Waals surface area contributed by atoms with Crippen LogP contribution < -0.4 is 10.2 Å². The number of anilines is 2. The molecular formula is C22H25N5O2S. The zero-order chi connectivity index (χ0) is 20.8. The van der Waals surface area contributed by atoms with E-state index in [1.807, 2.05) is 22.8 Å². The van der Waals surface area contributed by atoms with Gasteiger partial charge < -0.3 is 14.6 Å². The highest BCUT2D eigenvalue weighted by Gasteiger charge is 2.17. The van der Waals surface area contributed by atoms with E-state index in [4.69, 9.17) is 4.42 Å². The van der Waals surface area contributed by atoms with Crippen LogP contribution >= 0.6 is 11.8 Å². The van der Waals surface area contributed by atoms with Gasteiger partial charge in [0, 0.05) is 31.0 Å². The van der Waals surface area contributed by atoms with Crippen molar-refractivity contribution in [1.82, 2.24) is 14.8 Å². The lowest BCUT2D eigenvalue weighted by Gasteiger charge is -2.28. The van der Waals surface area contributed by atoms with Crippen molar-refractivity contribution in [1.29, 1.82) is 0 Å². The number of allylic oxidation sites excluding steroid dienone is 1. The number of thioether (sulfide) groups is 1. The molecule has 1 N–H and O–H groups in total. The summed E-state index contributed by atoms with van der Waals surface area (Å²) in [5.41, 5.74) is 2.01. The fraction of sp³-hybridized carbons (Fsp3) is 0.318. The van der Waals surface area contributed by atoms with E-state index in [1.165, 1.54) is 36.7 Å². The quantitative estimate of drug-likeness (QED) is 0.426. The molecule has 3 heterocycles. The Morgan fingerprint density at radius 2 is 1.97 bits per heavy atom. The van der Waals surface area contributed by atoms with Crippen LogP contribution in [0.15, 0.2) is 64.9 Å². The smallest absolute Gasteiger partial charge is 0.234 e. The molecule has 3 aromatic rings. The predicted molar refractivity (Wildman–Crippen MR) is 120 cm³/mol. The summed E-state index contributed by atoms with van der Waals surface area (Å²) >= 11 is 1.34. The van der Waals surface area contributed by atoms with Gasteiger partial charge in [0.25, 0.3) is 0 Å². The van der Waals surface area contributed by atoms with Crippen LogP contribution in [0.1, 0.15) is 19.3 Å². The van der Waals surface area contributed by atoms with Gasteiger partial charge >= 0.3 is 0 Å². The highest BCUT2D eigenvalue weighted by atomic mass is 32.2. The van der Waals surface area contributed by atoms with Crippen molar-refractivity contribution in [3.63, 3.8) is 0 Å². The molecule has 0 unspecified atom stereocenters. The maximum atomic E-state index is 12.4. The van der Waals surface area contributed by atoms with E-state index in [0.717, 1.165) is 18.8 Å². The second-order valence-electron chi connectivity index (χ2n) is 7.11. The van der Waals surface area contributed by atoms with Crippen LogP contribution in [-0.4, -0.2) is 39.5 Å². The van der Waals surface area contributed by atoms with Crippen LogP contribution in [0.2, 0.25) is 0 Å². The van der Waals surface area contributed by atoms with Gasteiger partial charge in [-0.3, -0.25) is 9.36 Å². The maximum absolute atomic E-state index is 12.4. The maximum Gasteiger partial charge on any atom is 0.234 e. The lowest BCUT2D eigenvalue weighted by Crippen LogP contribution is -2.29. The lowest BCUT2D eigenvalue weighted by molar-refractivity contribution is -0.113. The number of piperidine rings is 1. The van der Waals surface area contributed by atoms with Crippen molar-refractivity contribution >= 4 is 29.0 Å². The first-order valence-corrected chi connectivity index (χ1v) is 11.1. The van der Waals surface area contributed by atoms with E-state index in [0.29, 0.717) is 23.3 Å². The second kappa shape index (κ2) is 9.67. The van der Waals surface area contributed by atoms with Crippen molar-refractivity contribution in [2.24, 2.45) is 0 Å². The van der Waals surface area contributed by atoms with Crippen molar-refractivity contribution in [2.45, 2.75) is 31.0 Å². The lowest BCUT2D eigenvalue weighted by atomic mass is 10.1. The highest BCUT2D eigenvalue weighted by molar-refractivity contribution is 7.99. The van der Waals surface area contributed by atoms with Gasteiger partial charge in [-0.05, 0) is 55.7 Å². The van der Waals surface area contributed by atoms with Crippen LogP contribution in [0, 0.1) is 0 Å². The van der Waals surface area contributed by atoms with Gasteiger partial charge in [-0.1, -0.05) is 17.8 Å². The monoisotopic (exact) mass is 423 g/mol. The Labute approximate surface area is 180 Å². The number of rotatable bonds is 8. The van der Waals surface area contributed by atoms with Crippen molar-refractivity contribution in [2.75, 3.05) is 29.1 Å². The van der Waals surface area contributed by atoms with Crippen molar-refractivity contribution in [3.05, 3.63) is 55.3 Å². The third kappa shape index (κ3) is 4.76. The van der Waals surface area contributed by atoms with Gasteiger partial charge in [-0.15, -0.1) is 16.8 Å². The number of nitrogens with one attached hydrogen (secondary N) is 1. The Hall–Kier alpha value is -3.00. The van der Waals surface area contributed by atoms with Crippen molar-refractivity contribution < 1.29 is 9.21 Å². The molecule has 1 aliphatic heterocycles. The van der Waals surface area contributed by atoms with E-state index >= 15 is 0 Å². The van der Waals surface area contributed by atoms with Crippen LogP contribution in [0.5, 0.6) is 0 Å². The Balaban J connectivity index is 1.35. The SMILES string of the molecule is C=CCn1c(SCC(=O)Nc2ccc(N3CCCCC3)cc2)nnc1-c1ccco1. The number of benzene rings is 1. The molecule has 0 radical (unpaired) electrons. The van der Waals surface area contributed by atoms with E-state index in [9.17, 15) is 4.79 Å². The number of carbonyl (C=O) groups is 1. The van der Waals surface area contributed by atoms with Gasteiger partial charge in [-0.25, -0.2) is 0 Å². The normalized spacial score (nSPS) is 13.9. The second-order valence-corrected chi connectivity index (χ2v) is 8.06. The fourth-order valence-electron chi connectivity index (χ4n) is 3.51. The molecule has 0 spiro atoms. The average Bonchev–Trinajstić information content (AvgIpc) is 3.44. The molecule has 1 aromatic carbocycles. The minimum absolute atomic E-state index is 0.0848. The number of carbonyl (C=O) groups excluding carboxylic acids is 1. The minimum Gasteiger partial charge on any atom is -0.461 e. The van der Waals surface area contributed by atoms with Crippen LogP contribution in [-0.2, 0) is 11.3 Å². The minimum atomic E-state index is -0.0848. The van der Waals surface area contributed by atoms with E-state index < -0.39 is 0 Å². The number of hydrogen-bond donors (Lipinski definition) is 1. The first-order valence-electron chi connectivity index (χ1n) is 10.1. The van der Waals surface area contributed by atoms with Gasteiger partial charge in [-0.2, -0.15) is 0 Å². The summed E-state index contributed by atoms with van der Waals surface area (Å²) in [6.07, 6.45) is 7.16.